The number of thiophene rings is 1. The highest BCUT2D eigenvalue weighted by Gasteiger charge is 2.13. The quantitative estimate of drug-likeness (QED) is 0.651. The van der Waals surface area contributed by atoms with Crippen LogP contribution in [0.5, 0.6) is 0 Å². The van der Waals surface area contributed by atoms with E-state index in [0.29, 0.717) is 22.0 Å². The van der Waals surface area contributed by atoms with Crippen molar-refractivity contribution in [1.82, 2.24) is 15.4 Å². The van der Waals surface area contributed by atoms with Crippen molar-refractivity contribution in [2.75, 3.05) is 0 Å². The molecular formula is C16H22N4O2S. The second kappa shape index (κ2) is 7.04. The minimum atomic E-state index is -0.292. The molecule has 2 N–H and O–H groups in total. The minimum Gasteiger partial charge on any atom is -0.309 e. The smallest absolute Gasteiger partial charge is 0.259 e. The van der Waals surface area contributed by atoms with Crippen molar-refractivity contribution >= 4 is 33.2 Å². The van der Waals surface area contributed by atoms with Gasteiger partial charge in [-0.1, -0.05) is 13.8 Å². The maximum absolute atomic E-state index is 12.2. The Kier molecular flexibility index (Phi) is 5.30. The van der Waals surface area contributed by atoms with Crippen molar-refractivity contribution in [3.8, 4) is 0 Å². The number of hydrogen-bond donors (Lipinski definition) is 2. The molecule has 0 unspecified atom stereocenters. The molecule has 0 bridgehead atoms. The highest BCUT2D eigenvalue weighted by Crippen LogP contribution is 2.25. The van der Waals surface area contributed by atoms with E-state index in [4.69, 9.17) is 0 Å². The van der Waals surface area contributed by atoms with Gasteiger partial charge in [0.2, 0.25) is 5.91 Å². The van der Waals surface area contributed by atoms with E-state index in [1.807, 2.05) is 20.8 Å². The lowest BCUT2D eigenvalue weighted by molar-refractivity contribution is -0.120. The number of aryl methyl sites for hydroxylation is 2. The van der Waals surface area contributed by atoms with Crippen LogP contribution in [-0.2, 0) is 11.2 Å². The van der Waals surface area contributed by atoms with E-state index in [-0.39, 0.29) is 17.9 Å². The Balaban J connectivity index is 2.16. The lowest BCUT2D eigenvalue weighted by Crippen LogP contribution is -2.24. The monoisotopic (exact) mass is 334 g/mol. The first-order valence-corrected chi connectivity index (χ1v) is 8.47. The van der Waals surface area contributed by atoms with Gasteiger partial charge in [0, 0.05) is 10.6 Å². The number of nitrogens with zero attached hydrogens (tertiary/aromatic N) is 2. The fraction of sp³-hybridized carbons (Fsp3) is 0.500. The number of rotatable bonds is 5. The van der Waals surface area contributed by atoms with Crippen molar-refractivity contribution in [3.63, 3.8) is 0 Å². The zero-order chi connectivity index (χ0) is 17.1. The van der Waals surface area contributed by atoms with Gasteiger partial charge in [-0.25, -0.2) is 10.4 Å². The number of carbonyl (C=O) groups is 1. The van der Waals surface area contributed by atoms with Crippen LogP contribution in [0.1, 0.15) is 43.5 Å². The largest absolute Gasteiger partial charge is 0.309 e. The van der Waals surface area contributed by atoms with Gasteiger partial charge in [-0.05, 0) is 38.7 Å². The van der Waals surface area contributed by atoms with Gasteiger partial charge in [0.05, 0.1) is 11.8 Å². The summed E-state index contributed by atoms with van der Waals surface area (Å²) in [5.74, 6) is 0.388. The zero-order valence-corrected chi connectivity index (χ0v) is 14.9. The first-order chi connectivity index (χ1) is 10.8. The van der Waals surface area contributed by atoms with Crippen molar-refractivity contribution < 1.29 is 4.79 Å². The molecule has 1 atom stereocenters. The number of hydrogen-bond acceptors (Lipinski definition) is 5. The summed E-state index contributed by atoms with van der Waals surface area (Å²) in [6, 6.07) is 0. The summed E-state index contributed by atoms with van der Waals surface area (Å²) in [6.45, 7) is 9.88. The number of aromatic nitrogens is 2. The van der Waals surface area contributed by atoms with E-state index >= 15 is 0 Å². The molecule has 0 aliphatic carbocycles. The normalized spacial score (nSPS) is 13.3. The summed E-state index contributed by atoms with van der Waals surface area (Å²) in [4.78, 5) is 32.9. The molecule has 0 aliphatic rings. The first kappa shape index (κ1) is 17.3. The predicted molar refractivity (Wildman–Crippen MR) is 94.1 cm³/mol. The van der Waals surface area contributed by atoms with E-state index in [1.165, 1.54) is 11.3 Å². The molecule has 2 aromatic rings. The summed E-state index contributed by atoms with van der Waals surface area (Å²) in [7, 11) is 0. The molecule has 0 aliphatic heterocycles. The molecule has 0 aromatic carbocycles. The summed E-state index contributed by atoms with van der Waals surface area (Å²) < 4.78 is 0. The lowest BCUT2D eigenvalue weighted by Gasteiger charge is -2.07. The SMILES string of the molecule is CC[C@@H](C)/C(C)=N\NC(=O)Cc1nc2sc(C)c(C)c2c(=O)[nH]1. The van der Waals surface area contributed by atoms with Crippen molar-refractivity contribution in [1.29, 1.82) is 0 Å². The van der Waals surface area contributed by atoms with Crippen LogP contribution in [0.2, 0.25) is 0 Å². The van der Waals surface area contributed by atoms with Crippen LogP contribution in [0.3, 0.4) is 0 Å². The third-order valence-electron chi connectivity index (χ3n) is 4.10. The second-order valence-electron chi connectivity index (χ2n) is 5.75. The third-order valence-corrected chi connectivity index (χ3v) is 5.20. The van der Waals surface area contributed by atoms with Crippen LogP contribution >= 0.6 is 11.3 Å². The fourth-order valence-corrected chi connectivity index (χ4v) is 3.18. The van der Waals surface area contributed by atoms with Gasteiger partial charge >= 0.3 is 0 Å². The average molecular weight is 334 g/mol. The topological polar surface area (TPSA) is 87.2 Å². The maximum Gasteiger partial charge on any atom is 0.259 e. The number of amides is 1. The molecule has 0 radical (unpaired) electrons. The summed E-state index contributed by atoms with van der Waals surface area (Å²) in [6.07, 6.45) is 0.965. The highest BCUT2D eigenvalue weighted by atomic mass is 32.1. The number of H-pyrrole nitrogens is 1. The zero-order valence-electron chi connectivity index (χ0n) is 14.1. The van der Waals surface area contributed by atoms with E-state index in [1.54, 1.807) is 0 Å². The van der Waals surface area contributed by atoms with Gasteiger partial charge in [-0.3, -0.25) is 9.59 Å². The van der Waals surface area contributed by atoms with Gasteiger partial charge in [0.25, 0.3) is 5.56 Å². The predicted octanol–water partition coefficient (Wildman–Crippen LogP) is 2.68. The minimum absolute atomic E-state index is 0.00153. The molecule has 23 heavy (non-hydrogen) atoms. The molecule has 2 rings (SSSR count). The van der Waals surface area contributed by atoms with E-state index in [0.717, 1.165) is 22.6 Å². The Bertz CT molecular complexity index is 819. The van der Waals surface area contributed by atoms with Crippen LogP contribution in [-0.4, -0.2) is 21.6 Å². The van der Waals surface area contributed by atoms with E-state index in [2.05, 4.69) is 34.3 Å². The summed E-state index contributed by atoms with van der Waals surface area (Å²) in [5, 5.41) is 4.71. The number of hydrazone groups is 1. The number of fused-ring (bicyclic) bond motifs is 1. The molecule has 2 heterocycles. The molecule has 0 spiro atoms. The van der Waals surface area contributed by atoms with Gasteiger partial charge in [0.1, 0.15) is 10.7 Å². The Labute approximate surface area is 139 Å². The Morgan fingerprint density at radius 1 is 1.43 bits per heavy atom. The second-order valence-corrected chi connectivity index (χ2v) is 6.95. The Morgan fingerprint density at radius 2 is 2.13 bits per heavy atom. The first-order valence-electron chi connectivity index (χ1n) is 7.65. The van der Waals surface area contributed by atoms with Crippen molar-refractivity contribution in [2.24, 2.45) is 11.0 Å². The van der Waals surface area contributed by atoms with Crippen molar-refractivity contribution in [3.05, 3.63) is 26.6 Å². The Morgan fingerprint density at radius 3 is 2.78 bits per heavy atom. The number of carbonyl (C=O) groups excluding carboxylic acids is 1. The molecule has 7 heteroatoms. The van der Waals surface area contributed by atoms with Crippen LogP contribution in [0.4, 0.5) is 0 Å². The Hall–Kier alpha value is -2.02. The third kappa shape index (κ3) is 3.85. The lowest BCUT2D eigenvalue weighted by atomic mass is 10.1. The van der Waals surface area contributed by atoms with Crippen molar-refractivity contribution in [2.45, 2.75) is 47.5 Å². The molecule has 0 saturated carbocycles. The van der Waals surface area contributed by atoms with E-state index in [9.17, 15) is 9.59 Å². The maximum atomic E-state index is 12.2. The standard InChI is InChI=1S/C16H22N4O2S/c1-6-8(2)10(4)19-20-13(21)7-12-17-15(22)14-9(3)11(5)23-16(14)18-12/h8H,6-7H2,1-5H3,(H,20,21)(H,17,18,22)/b19-10-/t8-/m1/s1. The molecule has 0 saturated heterocycles. The molecule has 1 amide bonds. The van der Waals surface area contributed by atoms with Crippen LogP contribution in [0, 0.1) is 19.8 Å². The molecule has 0 fully saturated rings. The highest BCUT2D eigenvalue weighted by molar-refractivity contribution is 7.18. The van der Waals surface area contributed by atoms with E-state index < -0.39 is 0 Å². The van der Waals surface area contributed by atoms with Gasteiger partial charge < -0.3 is 4.98 Å². The van der Waals surface area contributed by atoms with Gasteiger partial charge in [-0.2, -0.15) is 5.10 Å². The molecule has 6 nitrogen and oxygen atoms in total. The van der Waals surface area contributed by atoms with Crippen LogP contribution in [0.25, 0.3) is 10.2 Å². The number of aromatic amines is 1. The van der Waals surface area contributed by atoms with Crippen LogP contribution in [0.15, 0.2) is 9.90 Å². The van der Waals surface area contributed by atoms with Gasteiger partial charge in [-0.15, -0.1) is 11.3 Å². The summed E-state index contributed by atoms with van der Waals surface area (Å²) >= 11 is 1.47. The van der Waals surface area contributed by atoms with Gasteiger partial charge in [0.15, 0.2) is 0 Å². The summed E-state index contributed by atoms with van der Waals surface area (Å²) in [5.41, 5.74) is 4.15. The van der Waals surface area contributed by atoms with Crippen LogP contribution < -0.4 is 11.0 Å². The molecule has 124 valence electrons. The fourth-order valence-electron chi connectivity index (χ4n) is 2.13. The molecular weight excluding hydrogens is 312 g/mol. The molecule has 2 aromatic heterocycles. The average Bonchev–Trinajstić information content (AvgIpc) is 2.78. The number of nitrogens with one attached hydrogen (secondary N) is 2.